The number of hydrogen-bond donors (Lipinski definition) is 0. The van der Waals surface area contributed by atoms with E-state index in [1.165, 1.54) is 17.9 Å². The van der Waals surface area contributed by atoms with Crippen LogP contribution in [0.15, 0.2) is 27.6 Å². The van der Waals surface area contributed by atoms with Crippen molar-refractivity contribution in [2.24, 2.45) is 0 Å². The van der Waals surface area contributed by atoms with Crippen molar-refractivity contribution in [1.29, 1.82) is 0 Å². The largest absolute Gasteiger partial charge is 0.468 e. The highest BCUT2D eigenvalue weighted by Crippen LogP contribution is 2.00. The molecule has 0 unspecified atom stereocenters. The minimum absolute atomic E-state index is 0.0607. The molecule has 13 heavy (non-hydrogen) atoms. The van der Waals surface area contributed by atoms with Crippen molar-refractivity contribution in [1.82, 2.24) is 4.57 Å². The zero-order valence-electron chi connectivity index (χ0n) is 6.99. The predicted molar refractivity (Wildman–Crippen MR) is 50.4 cm³/mol. The molecule has 4 nitrogen and oxygen atoms in total. The van der Waals surface area contributed by atoms with E-state index in [9.17, 15) is 9.59 Å². The maximum absolute atomic E-state index is 11.3. The Morgan fingerprint density at radius 3 is 3.00 bits per heavy atom. The molecule has 1 aromatic heterocycles. The number of pyridine rings is 1. The molecule has 70 valence electrons. The minimum Gasteiger partial charge on any atom is -0.468 e. The van der Waals surface area contributed by atoms with Crippen LogP contribution in [0.3, 0.4) is 0 Å². The van der Waals surface area contributed by atoms with Crippen LogP contribution in [-0.4, -0.2) is 17.6 Å². The first-order chi connectivity index (χ1) is 6.15. The van der Waals surface area contributed by atoms with Gasteiger partial charge in [-0.05, 0) is 28.1 Å². The normalized spacial score (nSPS) is 9.69. The van der Waals surface area contributed by atoms with Crippen LogP contribution in [0.25, 0.3) is 0 Å². The van der Waals surface area contributed by atoms with E-state index in [-0.39, 0.29) is 12.1 Å². The molecule has 0 aromatic carbocycles. The molecule has 0 radical (unpaired) electrons. The smallest absolute Gasteiger partial charge is 0.325 e. The molecule has 0 fully saturated rings. The second-order valence-electron chi connectivity index (χ2n) is 2.37. The molecule has 0 aliphatic rings. The Morgan fingerprint density at radius 2 is 2.38 bits per heavy atom. The summed E-state index contributed by atoms with van der Waals surface area (Å²) in [6, 6.07) is 3.30. The van der Waals surface area contributed by atoms with Gasteiger partial charge in [0.2, 0.25) is 0 Å². The van der Waals surface area contributed by atoms with Gasteiger partial charge < -0.3 is 9.30 Å². The summed E-state index contributed by atoms with van der Waals surface area (Å²) in [6.45, 7) is -0.0607. The van der Waals surface area contributed by atoms with Crippen molar-refractivity contribution in [3.8, 4) is 0 Å². The number of carbonyl (C=O) groups excluding carboxylic acids is 1. The van der Waals surface area contributed by atoms with Crippen molar-refractivity contribution in [2.75, 3.05) is 7.11 Å². The van der Waals surface area contributed by atoms with Crippen LogP contribution >= 0.6 is 15.9 Å². The summed E-state index contributed by atoms with van der Waals surface area (Å²) in [7, 11) is 1.28. The highest BCUT2D eigenvalue weighted by molar-refractivity contribution is 9.10. The highest BCUT2D eigenvalue weighted by atomic mass is 79.9. The lowest BCUT2D eigenvalue weighted by Gasteiger charge is -2.03. The lowest BCUT2D eigenvalue weighted by Crippen LogP contribution is -2.24. The van der Waals surface area contributed by atoms with E-state index in [1.807, 2.05) is 0 Å². The lowest BCUT2D eigenvalue weighted by atomic mass is 10.4. The van der Waals surface area contributed by atoms with Gasteiger partial charge in [0.15, 0.2) is 0 Å². The van der Waals surface area contributed by atoms with Crippen LogP contribution in [0.1, 0.15) is 0 Å². The Bertz CT molecular complexity index is 372. The molecule has 0 atom stereocenters. The number of hydrogen-bond acceptors (Lipinski definition) is 3. The number of aromatic nitrogens is 1. The van der Waals surface area contributed by atoms with Gasteiger partial charge in [-0.2, -0.15) is 0 Å². The van der Waals surface area contributed by atoms with E-state index in [0.717, 1.165) is 0 Å². The van der Waals surface area contributed by atoms with E-state index < -0.39 is 5.97 Å². The van der Waals surface area contributed by atoms with E-state index in [2.05, 4.69) is 20.7 Å². The van der Waals surface area contributed by atoms with Crippen LogP contribution in [-0.2, 0) is 16.1 Å². The lowest BCUT2D eigenvalue weighted by molar-refractivity contribution is -0.141. The van der Waals surface area contributed by atoms with E-state index >= 15 is 0 Å². The first-order valence-corrected chi connectivity index (χ1v) is 4.36. The highest BCUT2D eigenvalue weighted by Gasteiger charge is 2.04. The topological polar surface area (TPSA) is 48.3 Å². The van der Waals surface area contributed by atoms with E-state index in [1.54, 1.807) is 12.1 Å². The summed E-state index contributed by atoms with van der Waals surface area (Å²) in [4.78, 5) is 22.2. The summed E-state index contributed by atoms with van der Waals surface area (Å²) >= 11 is 3.07. The fourth-order valence-corrected chi connectivity index (χ4v) is 1.22. The first-order valence-electron chi connectivity index (χ1n) is 3.57. The summed E-state index contributed by atoms with van der Waals surface area (Å²) in [5, 5.41) is 0. The SMILES string of the molecule is COC(=O)Cn1cccc(Br)c1=O. The average molecular weight is 246 g/mol. The molecule has 0 aliphatic carbocycles. The quantitative estimate of drug-likeness (QED) is 0.724. The van der Waals surface area contributed by atoms with Gasteiger partial charge in [0, 0.05) is 6.20 Å². The fraction of sp³-hybridized carbons (Fsp3) is 0.250. The molecular formula is C8H8BrNO3. The Balaban J connectivity index is 2.96. The second-order valence-corrected chi connectivity index (χ2v) is 3.22. The zero-order chi connectivity index (χ0) is 9.84. The third-order valence-electron chi connectivity index (χ3n) is 1.50. The van der Waals surface area contributed by atoms with Crippen molar-refractivity contribution in [2.45, 2.75) is 6.54 Å². The number of ether oxygens (including phenoxy) is 1. The Morgan fingerprint density at radius 1 is 1.69 bits per heavy atom. The number of nitrogens with zero attached hydrogens (tertiary/aromatic N) is 1. The molecule has 0 aliphatic heterocycles. The van der Waals surface area contributed by atoms with E-state index in [4.69, 9.17) is 0 Å². The summed E-state index contributed by atoms with van der Waals surface area (Å²) < 4.78 is 6.14. The van der Waals surface area contributed by atoms with Gasteiger partial charge in [-0.3, -0.25) is 9.59 Å². The zero-order valence-corrected chi connectivity index (χ0v) is 8.58. The van der Waals surface area contributed by atoms with Gasteiger partial charge in [-0.1, -0.05) is 0 Å². The van der Waals surface area contributed by atoms with E-state index in [0.29, 0.717) is 4.47 Å². The minimum atomic E-state index is -0.444. The number of methoxy groups -OCH3 is 1. The molecular weight excluding hydrogens is 238 g/mol. The third kappa shape index (κ3) is 2.42. The number of carbonyl (C=O) groups is 1. The van der Waals surface area contributed by atoms with Crippen LogP contribution in [0.4, 0.5) is 0 Å². The Labute approximate surface area is 83.3 Å². The molecule has 0 spiro atoms. The van der Waals surface area contributed by atoms with Gasteiger partial charge >= 0.3 is 5.97 Å². The summed E-state index contributed by atoms with van der Waals surface area (Å²) in [5.74, 6) is -0.444. The molecule has 1 rings (SSSR count). The first kappa shape index (κ1) is 9.98. The van der Waals surface area contributed by atoms with Gasteiger partial charge in [0.1, 0.15) is 6.54 Å². The Hall–Kier alpha value is -1.10. The van der Waals surface area contributed by atoms with Crippen molar-refractivity contribution >= 4 is 21.9 Å². The molecule has 1 aromatic rings. The molecule has 1 heterocycles. The third-order valence-corrected chi connectivity index (χ3v) is 2.10. The van der Waals surface area contributed by atoms with Gasteiger partial charge in [-0.15, -0.1) is 0 Å². The maximum atomic E-state index is 11.3. The van der Waals surface area contributed by atoms with Crippen LogP contribution < -0.4 is 5.56 Å². The molecule has 0 saturated heterocycles. The summed E-state index contributed by atoms with van der Waals surface area (Å²) in [5.41, 5.74) is -0.243. The number of halogens is 1. The predicted octanol–water partition coefficient (Wildman–Crippen LogP) is 0.784. The van der Waals surface area contributed by atoms with Crippen molar-refractivity contribution in [3.05, 3.63) is 33.2 Å². The molecule has 0 saturated carbocycles. The average Bonchev–Trinajstić information content (AvgIpc) is 2.13. The fourth-order valence-electron chi connectivity index (χ4n) is 0.836. The molecule has 0 N–H and O–H groups in total. The number of esters is 1. The van der Waals surface area contributed by atoms with Gasteiger partial charge in [0.25, 0.3) is 5.56 Å². The van der Waals surface area contributed by atoms with Gasteiger partial charge in [0.05, 0.1) is 11.6 Å². The molecule has 0 bridgehead atoms. The maximum Gasteiger partial charge on any atom is 0.325 e. The van der Waals surface area contributed by atoms with Crippen LogP contribution in [0.2, 0.25) is 0 Å². The standard InChI is InChI=1S/C8H8BrNO3/c1-13-7(11)5-10-4-2-3-6(9)8(10)12/h2-4H,5H2,1H3. The molecule has 5 heteroatoms. The molecule has 0 amide bonds. The monoisotopic (exact) mass is 245 g/mol. The van der Waals surface area contributed by atoms with Crippen LogP contribution in [0.5, 0.6) is 0 Å². The Kier molecular flexibility index (Phi) is 3.25. The number of rotatable bonds is 2. The van der Waals surface area contributed by atoms with Crippen molar-refractivity contribution < 1.29 is 9.53 Å². The van der Waals surface area contributed by atoms with Crippen LogP contribution in [0, 0.1) is 0 Å². The van der Waals surface area contributed by atoms with Gasteiger partial charge in [-0.25, -0.2) is 0 Å². The second kappa shape index (κ2) is 4.23. The van der Waals surface area contributed by atoms with Crippen molar-refractivity contribution in [3.63, 3.8) is 0 Å². The summed E-state index contributed by atoms with van der Waals surface area (Å²) in [6.07, 6.45) is 1.53.